The number of hydrogen-bond acceptors (Lipinski definition) is 4. The van der Waals surface area contributed by atoms with E-state index in [-0.39, 0.29) is 18.0 Å². The zero-order valence-corrected chi connectivity index (χ0v) is 10.6. The fraction of sp³-hybridized carbons (Fsp3) is 0.545. The second-order valence-electron chi connectivity index (χ2n) is 4.32. The van der Waals surface area contributed by atoms with E-state index < -0.39 is 5.97 Å². The molecule has 18 heavy (non-hydrogen) atoms. The Bertz CT molecular complexity index is 413. The van der Waals surface area contributed by atoms with Gasteiger partial charge in [0.15, 0.2) is 5.13 Å². The van der Waals surface area contributed by atoms with Gasteiger partial charge in [-0.15, -0.1) is 11.3 Å². The highest BCUT2D eigenvalue weighted by Crippen LogP contribution is 2.24. The topological polar surface area (TPSA) is 91.3 Å². The van der Waals surface area contributed by atoms with Gasteiger partial charge in [0.1, 0.15) is 0 Å². The number of aromatic nitrogens is 1. The lowest BCUT2D eigenvalue weighted by molar-refractivity contribution is -0.142. The number of carboxylic acids is 1. The van der Waals surface area contributed by atoms with Crippen LogP contribution in [0.1, 0.15) is 25.7 Å². The summed E-state index contributed by atoms with van der Waals surface area (Å²) in [6.45, 7) is 0. The Hall–Kier alpha value is -1.63. The molecule has 0 aromatic carbocycles. The summed E-state index contributed by atoms with van der Waals surface area (Å²) in [5.41, 5.74) is 0. The first-order valence-corrected chi connectivity index (χ1v) is 6.73. The van der Waals surface area contributed by atoms with Crippen LogP contribution in [-0.4, -0.2) is 28.1 Å². The highest BCUT2D eigenvalue weighted by molar-refractivity contribution is 7.13. The molecule has 98 valence electrons. The number of carbonyl (C=O) groups excluding carboxylic acids is 1. The molecular formula is C11H15N3O3S. The van der Waals surface area contributed by atoms with Gasteiger partial charge in [0.25, 0.3) is 0 Å². The number of hydrogen-bond donors (Lipinski definition) is 3. The van der Waals surface area contributed by atoms with Crippen molar-refractivity contribution in [2.24, 2.45) is 5.92 Å². The lowest BCUT2D eigenvalue weighted by atomic mass is 9.86. The Morgan fingerprint density at radius 1 is 1.33 bits per heavy atom. The van der Waals surface area contributed by atoms with Crippen LogP contribution >= 0.6 is 11.3 Å². The Kier molecular flexibility index (Phi) is 4.14. The van der Waals surface area contributed by atoms with Crippen LogP contribution in [0, 0.1) is 5.92 Å². The second kappa shape index (κ2) is 5.81. The fourth-order valence-corrected chi connectivity index (χ4v) is 2.61. The first-order chi connectivity index (χ1) is 8.65. The van der Waals surface area contributed by atoms with E-state index in [9.17, 15) is 9.59 Å². The predicted octanol–water partition coefficient (Wildman–Crippen LogP) is 1.91. The molecular weight excluding hydrogens is 254 g/mol. The summed E-state index contributed by atoms with van der Waals surface area (Å²) in [4.78, 5) is 26.4. The Balaban J connectivity index is 1.74. The molecule has 3 N–H and O–H groups in total. The van der Waals surface area contributed by atoms with Gasteiger partial charge in [-0.05, 0) is 25.7 Å². The normalized spacial score (nSPS) is 23.3. The van der Waals surface area contributed by atoms with E-state index >= 15 is 0 Å². The number of thiazole rings is 1. The SMILES string of the molecule is O=C(Nc1nccs1)NC1CCC(C(=O)O)CC1. The van der Waals surface area contributed by atoms with E-state index in [4.69, 9.17) is 5.11 Å². The molecule has 1 aliphatic rings. The number of amides is 2. The van der Waals surface area contributed by atoms with Crippen LogP contribution in [0.5, 0.6) is 0 Å². The van der Waals surface area contributed by atoms with Crippen molar-refractivity contribution in [3.05, 3.63) is 11.6 Å². The second-order valence-corrected chi connectivity index (χ2v) is 5.22. The van der Waals surface area contributed by atoms with Gasteiger partial charge in [0.2, 0.25) is 0 Å². The minimum Gasteiger partial charge on any atom is -0.481 e. The summed E-state index contributed by atoms with van der Waals surface area (Å²) in [6.07, 6.45) is 4.29. The van der Waals surface area contributed by atoms with Crippen LogP contribution in [-0.2, 0) is 4.79 Å². The lowest BCUT2D eigenvalue weighted by Crippen LogP contribution is -2.40. The summed E-state index contributed by atoms with van der Waals surface area (Å²) >= 11 is 1.36. The molecule has 0 aliphatic heterocycles. The van der Waals surface area contributed by atoms with Crippen molar-refractivity contribution < 1.29 is 14.7 Å². The highest BCUT2D eigenvalue weighted by atomic mass is 32.1. The van der Waals surface area contributed by atoms with Crippen LogP contribution in [0.25, 0.3) is 0 Å². The maximum Gasteiger partial charge on any atom is 0.321 e. The summed E-state index contributed by atoms with van der Waals surface area (Å²) < 4.78 is 0. The van der Waals surface area contributed by atoms with Crippen LogP contribution in [0.4, 0.5) is 9.93 Å². The molecule has 1 heterocycles. The summed E-state index contributed by atoms with van der Waals surface area (Å²) in [6, 6.07) is -0.218. The van der Waals surface area contributed by atoms with E-state index in [0.29, 0.717) is 30.8 Å². The van der Waals surface area contributed by atoms with E-state index in [1.165, 1.54) is 11.3 Å². The minimum absolute atomic E-state index is 0.0561. The molecule has 0 unspecified atom stereocenters. The van der Waals surface area contributed by atoms with Crippen molar-refractivity contribution in [1.82, 2.24) is 10.3 Å². The molecule has 1 aromatic heterocycles. The predicted molar refractivity (Wildman–Crippen MR) is 67.7 cm³/mol. The van der Waals surface area contributed by atoms with Gasteiger partial charge in [-0.25, -0.2) is 9.78 Å². The Morgan fingerprint density at radius 3 is 2.61 bits per heavy atom. The van der Waals surface area contributed by atoms with Gasteiger partial charge in [0.05, 0.1) is 5.92 Å². The van der Waals surface area contributed by atoms with Crippen molar-refractivity contribution >= 4 is 28.5 Å². The van der Waals surface area contributed by atoms with E-state index in [1.807, 2.05) is 0 Å². The number of carbonyl (C=O) groups is 2. The zero-order chi connectivity index (χ0) is 13.0. The first kappa shape index (κ1) is 12.8. The molecule has 2 rings (SSSR count). The number of nitrogens with zero attached hydrogens (tertiary/aromatic N) is 1. The molecule has 0 atom stereocenters. The molecule has 1 aromatic rings. The summed E-state index contributed by atoms with van der Waals surface area (Å²) in [5.74, 6) is -0.995. The number of carboxylic acid groups (broad SMARTS) is 1. The molecule has 0 radical (unpaired) electrons. The van der Waals surface area contributed by atoms with Gasteiger partial charge in [-0.3, -0.25) is 10.1 Å². The number of nitrogens with one attached hydrogen (secondary N) is 2. The highest BCUT2D eigenvalue weighted by Gasteiger charge is 2.26. The molecule has 0 spiro atoms. The molecule has 1 saturated carbocycles. The molecule has 2 amide bonds. The van der Waals surface area contributed by atoms with Gasteiger partial charge in [-0.2, -0.15) is 0 Å². The van der Waals surface area contributed by atoms with E-state index in [1.54, 1.807) is 11.6 Å². The molecule has 0 bridgehead atoms. The monoisotopic (exact) mass is 269 g/mol. The van der Waals surface area contributed by atoms with Crippen LogP contribution in [0.2, 0.25) is 0 Å². The molecule has 1 aliphatic carbocycles. The third kappa shape index (κ3) is 3.43. The van der Waals surface area contributed by atoms with E-state index in [2.05, 4.69) is 15.6 Å². The molecule has 6 nitrogen and oxygen atoms in total. The average molecular weight is 269 g/mol. The van der Waals surface area contributed by atoms with Crippen molar-refractivity contribution in [1.29, 1.82) is 0 Å². The lowest BCUT2D eigenvalue weighted by Gasteiger charge is -2.26. The quantitative estimate of drug-likeness (QED) is 0.781. The van der Waals surface area contributed by atoms with Crippen molar-refractivity contribution in [3.8, 4) is 0 Å². The molecule has 0 saturated heterocycles. The third-order valence-corrected chi connectivity index (χ3v) is 3.75. The molecule has 1 fully saturated rings. The van der Waals surface area contributed by atoms with Gasteiger partial charge < -0.3 is 10.4 Å². The van der Waals surface area contributed by atoms with Crippen LogP contribution in [0.3, 0.4) is 0 Å². The third-order valence-electron chi connectivity index (χ3n) is 3.06. The van der Waals surface area contributed by atoms with Gasteiger partial charge in [0, 0.05) is 17.6 Å². The maximum atomic E-state index is 11.6. The van der Waals surface area contributed by atoms with Crippen molar-refractivity contribution in [2.45, 2.75) is 31.7 Å². The van der Waals surface area contributed by atoms with Crippen LogP contribution in [0.15, 0.2) is 11.6 Å². The standard InChI is InChI=1S/C11H15N3O3S/c15-9(16)7-1-3-8(4-2-7)13-10(17)14-11-12-5-6-18-11/h5-8H,1-4H2,(H,15,16)(H2,12,13,14,17). The zero-order valence-electron chi connectivity index (χ0n) is 9.76. The minimum atomic E-state index is -0.735. The Morgan fingerprint density at radius 2 is 2.06 bits per heavy atom. The van der Waals surface area contributed by atoms with E-state index in [0.717, 1.165) is 0 Å². The van der Waals surface area contributed by atoms with Gasteiger partial charge >= 0.3 is 12.0 Å². The number of aliphatic carboxylic acids is 1. The average Bonchev–Trinajstić information content (AvgIpc) is 2.82. The van der Waals surface area contributed by atoms with Crippen molar-refractivity contribution in [2.75, 3.05) is 5.32 Å². The fourth-order valence-electron chi connectivity index (χ4n) is 2.09. The number of urea groups is 1. The smallest absolute Gasteiger partial charge is 0.321 e. The summed E-state index contributed by atoms with van der Waals surface area (Å²) in [5, 5.41) is 16.7. The largest absolute Gasteiger partial charge is 0.481 e. The Labute approximate surface area is 108 Å². The number of rotatable bonds is 3. The summed E-state index contributed by atoms with van der Waals surface area (Å²) in [7, 11) is 0. The van der Waals surface area contributed by atoms with Crippen molar-refractivity contribution in [3.63, 3.8) is 0 Å². The van der Waals surface area contributed by atoms with Crippen LogP contribution < -0.4 is 10.6 Å². The number of anilines is 1. The van der Waals surface area contributed by atoms with Gasteiger partial charge in [-0.1, -0.05) is 0 Å². The maximum absolute atomic E-state index is 11.6. The molecule has 7 heteroatoms. The first-order valence-electron chi connectivity index (χ1n) is 5.85.